The first-order chi connectivity index (χ1) is 13.3. The van der Waals surface area contributed by atoms with Crippen LogP contribution in [0.1, 0.15) is 6.92 Å². The Morgan fingerprint density at radius 2 is 1.56 bits per heavy atom. The molecule has 0 radical (unpaired) electrons. The minimum Gasteiger partial charge on any atom is -0.497 e. The van der Waals surface area contributed by atoms with Crippen LogP contribution in [-0.4, -0.2) is 18.7 Å². The molecule has 3 nitrogen and oxygen atoms in total. The largest absolute Gasteiger partial charge is 0.497 e. The number of fused-ring (bicyclic) bond motifs is 1. The minimum atomic E-state index is 0.573. The van der Waals surface area contributed by atoms with Crippen molar-refractivity contribution in [3.63, 3.8) is 0 Å². The summed E-state index contributed by atoms with van der Waals surface area (Å²) in [5.41, 5.74) is 4.21. The number of hydrogen-bond acceptors (Lipinski definition) is 3. The van der Waals surface area contributed by atoms with Gasteiger partial charge in [-0.15, -0.1) is 0 Å². The Bertz CT molecular complexity index is 1070. The Morgan fingerprint density at radius 3 is 2.33 bits per heavy atom. The summed E-state index contributed by atoms with van der Waals surface area (Å²) < 4.78 is 11.2. The lowest BCUT2D eigenvalue weighted by Gasteiger charge is -2.12. The molecule has 3 aromatic carbocycles. The molecule has 0 N–H and O–H groups in total. The summed E-state index contributed by atoms with van der Waals surface area (Å²) in [5.74, 6) is 1.51. The highest BCUT2D eigenvalue weighted by Gasteiger charge is 2.10. The molecule has 0 unspecified atom stereocenters. The maximum Gasteiger partial charge on any atom is 0.221 e. The predicted octanol–water partition coefficient (Wildman–Crippen LogP) is 5.98. The maximum atomic E-state index is 5.88. The van der Waals surface area contributed by atoms with Crippen molar-refractivity contribution in [3.8, 4) is 34.0 Å². The van der Waals surface area contributed by atoms with E-state index in [1.54, 1.807) is 7.11 Å². The smallest absolute Gasteiger partial charge is 0.221 e. The van der Waals surface area contributed by atoms with Gasteiger partial charge in [0.1, 0.15) is 5.75 Å². The van der Waals surface area contributed by atoms with Gasteiger partial charge >= 0.3 is 0 Å². The highest BCUT2D eigenvalue weighted by atomic mass is 16.5. The average Bonchev–Trinajstić information content (AvgIpc) is 2.74. The minimum absolute atomic E-state index is 0.573. The third kappa shape index (κ3) is 3.49. The van der Waals surface area contributed by atoms with Gasteiger partial charge in [0.15, 0.2) is 0 Å². The fourth-order valence-electron chi connectivity index (χ4n) is 3.20. The summed E-state index contributed by atoms with van der Waals surface area (Å²) >= 11 is 0. The molecule has 3 heteroatoms. The summed E-state index contributed by atoms with van der Waals surface area (Å²) in [7, 11) is 1.68. The van der Waals surface area contributed by atoms with Gasteiger partial charge in [-0.1, -0.05) is 54.6 Å². The van der Waals surface area contributed by atoms with E-state index >= 15 is 0 Å². The first-order valence-electron chi connectivity index (χ1n) is 9.06. The Morgan fingerprint density at radius 1 is 0.778 bits per heavy atom. The van der Waals surface area contributed by atoms with Crippen LogP contribution in [0.3, 0.4) is 0 Å². The highest BCUT2D eigenvalue weighted by molar-refractivity contribution is 5.93. The first kappa shape index (κ1) is 17.1. The summed E-state index contributed by atoms with van der Waals surface area (Å²) in [6, 6.07) is 26.7. The van der Waals surface area contributed by atoms with Crippen molar-refractivity contribution < 1.29 is 9.47 Å². The number of hydrogen-bond donors (Lipinski definition) is 0. The molecule has 0 atom stereocenters. The van der Waals surface area contributed by atoms with Crippen molar-refractivity contribution in [1.29, 1.82) is 0 Å². The van der Waals surface area contributed by atoms with Crippen LogP contribution in [0, 0.1) is 0 Å². The van der Waals surface area contributed by atoms with E-state index in [9.17, 15) is 0 Å². The van der Waals surface area contributed by atoms with Gasteiger partial charge in [-0.2, -0.15) is 0 Å². The van der Waals surface area contributed by atoms with Crippen molar-refractivity contribution in [3.05, 3.63) is 78.9 Å². The molecular formula is C24H21NO2. The molecule has 0 saturated heterocycles. The molecule has 0 fully saturated rings. The quantitative estimate of drug-likeness (QED) is 0.441. The van der Waals surface area contributed by atoms with E-state index in [0.29, 0.717) is 12.5 Å². The lowest BCUT2D eigenvalue weighted by Crippen LogP contribution is -1.97. The lowest BCUT2D eigenvalue weighted by molar-refractivity contribution is 0.332. The van der Waals surface area contributed by atoms with E-state index in [1.807, 2.05) is 43.3 Å². The zero-order chi connectivity index (χ0) is 18.6. The van der Waals surface area contributed by atoms with Crippen LogP contribution in [0.5, 0.6) is 11.6 Å². The molecule has 4 rings (SSSR count). The van der Waals surface area contributed by atoms with E-state index in [-0.39, 0.29) is 0 Å². The number of nitrogens with zero attached hydrogens (tertiary/aromatic N) is 1. The molecule has 0 aliphatic heterocycles. The van der Waals surface area contributed by atoms with Crippen LogP contribution in [0.25, 0.3) is 33.2 Å². The Labute approximate surface area is 159 Å². The lowest BCUT2D eigenvalue weighted by atomic mass is 10.0. The van der Waals surface area contributed by atoms with Crippen LogP contribution in [0.4, 0.5) is 0 Å². The Kier molecular flexibility index (Phi) is 4.75. The number of ether oxygens (including phenoxy) is 2. The molecule has 4 aromatic rings. The van der Waals surface area contributed by atoms with Crippen molar-refractivity contribution in [2.45, 2.75) is 6.92 Å². The monoisotopic (exact) mass is 355 g/mol. The van der Waals surface area contributed by atoms with Gasteiger partial charge in [0, 0.05) is 10.9 Å². The number of rotatable bonds is 5. The number of methoxy groups -OCH3 is 1. The predicted molar refractivity (Wildman–Crippen MR) is 110 cm³/mol. The Balaban J connectivity index is 1.86. The van der Waals surface area contributed by atoms with E-state index < -0.39 is 0 Å². The normalized spacial score (nSPS) is 10.7. The average molecular weight is 355 g/mol. The second kappa shape index (κ2) is 7.50. The van der Waals surface area contributed by atoms with Crippen LogP contribution < -0.4 is 9.47 Å². The number of aromatic nitrogens is 1. The van der Waals surface area contributed by atoms with E-state index in [4.69, 9.17) is 14.5 Å². The standard InChI is InChI=1S/C24H21NO2/c1-3-27-24-22-15-19(18-10-7-11-21(14-18)26-2)12-13-20(22)16-23(25-24)17-8-5-4-6-9-17/h4-16H,3H2,1-2H3. The van der Waals surface area contributed by atoms with Gasteiger partial charge in [0.05, 0.1) is 19.4 Å². The summed E-state index contributed by atoms with van der Waals surface area (Å²) in [6.45, 7) is 2.55. The molecular weight excluding hydrogens is 334 g/mol. The van der Waals surface area contributed by atoms with Crippen molar-refractivity contribution in [2.24, 2.45) is 0 Å². The van der Waals surface area contributed by atoms with Gasteiger partial charge in [0.2, 0.25) is 5.88 Å². The van der Waals surface area contributed by atoms with E-state index in [2.05, 4.69) is 42.5 Å². The maximum absolute atomic E-state index is 5.88. The molecule has 1 aromatic heterocycles. The third-order valence-corrected chi connectivity index (χ3v) is 4.55. The van der Waals surface area contributed by atoms with Gasteiger partial charge in [-0.3, -0.25) is 0 Å². The summed E-state index contributed by atoms with van der Waals surface area (Å²) in [5, 5.41) is 2.12. The molecule has 0 aliphatic carbocycles. The van der Waals surface area contributed by atoms with Crippen LogP contribution in [0.15, 0.2) is 78.9 Å². The van der Waals surface area contributed by atoms with Crippen LogP contribution in [-0.2, 0) is 0 Å². The molecule has 0 amide bonds. The van der Waals surface area contributed by atoms with Crippen LogP contribution in [0.2, 0.25) is 0 Å². The zero-order valence-electron chi connectivity index (χ0n) is 15.5. The number of pyridine rings is 1. The molecule has 1 heterocycles. The SMILES string of the molecule is CCOc1nc(-c2ccccc2)cc2ccc(-c3cccc(OC)c3)cc12. The summed E-state index contributed by atoms with van der Waals surface area (Å²) in [4.78, 5) is 4.78. The van der Waals surface area contributed by atoms with E-state index in [0.717, 1.165) is 38.9 Å². The zero-order valence-corrected chi connectivity index (χ0v) is 15.5. The van der Waals surface area contributed by atoms with Crippen molar-refractivity contribution in [2.75, 3.05) is 13.7 Å². The van der Waals surface area contributed by atoms with Gasteiger partial charge in [0.25, 0.3) is 0 Å². The van der Waals surface area contributed by atoms with Gasteiger partial charge in [-0.25, -0.2) is 4.98 Å². The van der Waals surface area contributed by atoms with Crippen molar-refractivity contribution >= 4 is 10.8 Å². The molecule has 0 saturated carbocycles. The fraction of sp³-hybridized carbons (Fsp3) is 0.125. The second-order valence-electron chi connectivity index (χ2n) is 6.28. The second-order valence-corrected chi connectivity index (χ2v) is 6.28. The molecule has 0 aliphatic rings. The topological polar surface area (TPSA) is 31.4 Å². The Hall–Kier alpha value is -3.33. The highest BCUT2D eigenvalue weighted by Crippen LogP contribution is 2.33. The third-order valence-electron chi connectivity index (χ3n) is 4.55. The van der Waals surface area contributed by atoms with Crippen LogP contribution >= 0.6 is 0 Å². The summed E-state index contributed by atoms with van der Waals surface area (Å²) in [6.07, 6.45) is 0. The van der Waals surface area contributed by atoms with Gasteiger partial charge in [-0.05, 0) is 47.7 Å². The number of benzene rings is 3. The molecule has 0 bridgehead atoms. The van der Waals surface area contributed by atoms with Crippen molar-refractivity contribution in [1.82, 2.24) is 4.98 Å². The van der Waals surface area contributed by atoms with E-state index in [1.165, 1.54) is 0 Å². The first-order valence-corrected chi connectivity index (χ1v) is 9.06. The molecule has 27 heavy (non-hydrogen) atoms. The molecule has 0 spiro atoms. The fourth-order valence-corrected chi connectivity index (χ4v) is 3.20. The molecule has 134 valence electrons. The van der Waals surface area contributed by atoms with Gasteiger partial charge < -0.3 is 9.47 Å².